The monoisotopic (exact) mass is 243 g/mol. The second kappa shape index (κ2) is 4.75. The highest BCUT2D eigenvalue weighted by molar-refractivity contribution is 5.77. The summed E-state index contributed by atoms with van der Waals surface area (Å²) >= 11 is 0. The number of fused-ring (bicyclic) bond motifs is 1. The first-order chi connectivity index (χ1) is 8.79. The van der Waals surface area contributed by atoms with Crippen molar-refractivity contribution in [1.29, 1.82) is 0 Å². The molecule has 0 N–H and O–H groups in total. The predicted octanol–water partition coefficient (Wildman–Crippen LogP) is 3.58. The van der Waals surface area contributed by atoms with Gasteiger partial charge in [0, 0.05) is 23.8 Å². The largest absolute Gasteiger partial charge is 0.368 e. The number of aryl methyl sites for hydroxylation is 1. The Morgan fingerprint density at radius 2 is 2.06 bits per heavy atom. The van der Waals surface area contributed by atoms with E-state index in [0.29, 0.717) is 0 Å². The summed E-state index contributed by atoms with van der Waals surface area (Å²) in [6, 6.07) is 6.86. The third kappa shape index (κ3) is 1.94. The standard InChI is InChI=1S/C16H21NO/c1-12-10-13(11-18)7-8-15(12)17-9-3-5-14-4-2-6-16(14)17/h7-8,10-11,14,16H,2-6,9H2,1H3. The molecule has 1 heterocycles. The van der Waals surface area contributed by atoms with Crippen molar-refractivity contribution < 1.29 is 4.79 Å². The van der Waals surface area contributed by atoms with Crippen molar-refractivity contribution >= 4 is 12.0 Å². The molecule has 0 amide bonds. The lowest BCUT2D eigenvalue weighted by Gasteiger charge is -2.40. The van der Waals surface area contributed by atoms with Crippen LogP contribution in [-0.2, 0) is 0 Å². The van der Waals surface area contributed by atoms with Gasteiger partial charge in [-0.1, -0.05) is 6.42 Å². The first-order valence-electron chi connectivity index (χ1n) is 7.12. The fraction of sp³-hybridized carbons (Fsp3) is 0.562. The van der Waals surface area contributed by atoms with Gasteiger partial charge in [0.15, 0.2) is 0 Å². The van der Waals surface area contributed by atoms with Crippen LogP contribution in [-0.4, -0.2) is 18.9 Å². The van der Waals surface area contributed by atoms with E-state index in [1.54, 1.807) is 0 Å². The Balaban J connectivity index is 1.91. The molecule has 0 radical (unpaired) electrons. The van der Waals surface area contributed by atoms with Crippen LogP contribution in [0.25, 0.3) is 0 Å². The lowest BCUT2D eigenvalue weighted by molar-refractivity contribution is 0.112. The van der Waals surface area contributed by atoms with Gasteiger partial charge in [-0.3, -0.25) is 4.79 Å². The number of hydrogen-bond acceptors (Lipinski definition) is 2. The molecule has 0 bridgehead atoms. The third-order valence-corrected chi connectivity index (χ3v) is 4.66. The highest BCUT2D eigenvalue weighted by Crippen LogP contribution is 2.39. The van der Waals surface area contributed by atoms with E-state index >= 15 is 0 Å². The Morgan fingerprint density at radius 3 is 2.83 bits per heavy atom. The van der Waals surface area contributed by atoms with E-state index in [4.69, 9.17) is 0 Å². The zero-order chi connectivity index (χ0) is 12.5. The maximum Gasteiger partial charge on any atom is 0.150 e. The summed E-state index contributed by atoms with van der Waals surface area (Å²) in [5.41, 5.74) is 3.38. The van der Waals surface area contributed by atoms with Crippen molar-refractivity contribution in [3.63, 3.8) is 0 Å². The SMILES string of the molecule is Cc1cc(C=O)ccc1N1CCCC2CCCC21. The minimum atomic E-state index is 0.750. The Bertz CT molecular complexity index is 454. The highest BCUT2D eigenvalue weighted by Gasteiger charge is 2.35. The van der Waals surface area contributed by atoms with E-state index in [0.717, 1.165) is 23.8 Å². The maximum atomic E-state index is 10.8. The number of anilines is 1. The topological polar surface area (TPSA) is 20.3 Å². The molecule has 2 aliphatic rings. The summed E-state index contributed by atoms with van der Waals surface area (Å²) in [6.45, 7) is 3.31. The number of rotatable bonds is 2. The number of piperidine rings is 1. The van der Waals surface area contributed by atoms with Crippen LogP contribution in [0.1, 0.15) is 48.0 Å². The number of carbonyl (C=O) groups excluding carboxylic acids is 1. The number of carbonyl (C=O) groups is 1. The van der Waals surface area contributed by atoms with Gasteiger partial charge in [-0.15, -0.1) is 0 Å². The van der Waals surface area contributed by atoms with Crippen molar-refractivity contribution in [1.82, 2.24) is 0 Å². The molecule has 2 heteroatoms. The van der Waals surface area contributed by atoms with Gasteiger partial charge in [-0.25, -0.2) is 0 Å². The predicted molar refractivity (Wildman–Crippen MR) is 74.3 cm³/mol. The van der Waals surface area contributed by atoms with Gasteiger partial charge in [-0.05, 0) is 62.3 Å². The summed E-state index contributed by atoms with van der Waals surface area (Å²) in [4.78, 5) is 13.4. The molecule has 2 unspecified atom stereocenters. The second-order valence-corrected chi connectivity index (χ2v) is 5.76. The molecule has 0 spiro atoms. The molecule has 2 fully saturated rings. The minimum Gasteiger partial charge on any atom is -0.368 e. The summed E-state index contributed by atoms with van der Waals surface area (Å²) in [6.07, 6.45) is 7.80. The lowest BCUT2D eigenvalue weighted by atomic mass is 9.91. The quantitative estimate of drug-likeness (QED) is 0.740. The van der Waals surface area contributed by atoms with Crippen LogP contribution < -0.4 is 4.90 Å². The fourth-order valence-corrected chi connectivity index (χ4v) is 3.83. The van der Waals surface area contributed by atoms with E-state index in [1.165, 1.54) is 49.9 Å². The molecule has 18 heavy (non-hydrogen) atoms. The Kier molecular flexibility index (Phi) is 3.11. The van der Waals surface area contributed by atoms with Crippen LogP contribution in [0.2, 0.25) is 0 Å². The zero-order valence-corrected chi connectivity index (χ0v) is 11.1. The summed E-state index contributed by atoms with van der Waals surface area (Å²) in [7, 11) is 0. The Morgan fingerprint density at radius 1 is 1.22 bits per heavy atom. The molecule has 2 nitrogen and oxygen atoms in total. The van der Waals surface area contributed by atoms with E-state index in [9.17, 15) is 4.79 Å². The van der Waals surface area contributed by atoms with E-state index < -0.39 is 0 Å². The van der Waals surface area contributed by atoms with Crippen molar-refractivity contribution in [2.45, 2.75) is 45.1 Å². The van der Waals surface area contributed by atoms with Crippen LogP contribution >= 0.6 is 0 Å². The average molecular weight is 243 g/mol. The van der Waals surface area contributed by atoms with Gasteiger partial charge in [-0.2, -0.15) is 0 Å². The van der Waals surface area contributed by atoms with Gasteiger partial charge in [0.05, 0.1) is 0 Å². The molecule has 1 aliphatic carbocycles. The molecule has 1 aromatic carbocycles. The molecule has 1 aromatic rings. The molecular formula is C16H21NO. The minimum absolute atomic E-state index is 0.750. The Labute approximate surface area is 109 Å². The molecule has 0 aromatic heterocycles. The molecule has 1 saturated heterocycles. The van der Waals surface area contributed by atoms with Crippen molar-refractivity contribution in [2.24, 2.45) is 5.92 Å². The first-order valence-corrected chi connectivity index (χ1v) is 7.12. The lowest BCUT2D eigenvalue weighted by Crippen LogP contribution is -2.42. The first kappa shape index (κ1) is 11.8. The zero-order valence-electron chi connectivity index (χ0n) is 11.1. The van der Waals surface area contributed by atoms with Crippen LogP contribution in [0.4, 0.5) is 5.69 Å². The van der Waals surface area contributed by atoms with Crippen molar-refractivity contribution in [3.05, 3.63) is 29.3 Å². The second-order valence-electron chi connectivity index (χ2n) is 5.76. The van der Waals surface area contributed by atoms with Crippen LogP contribution in [0.15, 0.2) is 18.2 Å². The number of hydrogen-bond donors (Lipinski definition) is 0. The molecule has 96 valence electrons. The summed E-state index contributed by atoms with van der Waals surface area (Å²) in [5, 5.41) is 0. The van der Waals surface area contributed by atoms with Crippen molar-refractivity contribution in [3.8, 4) is 0 Å². The van der Waals surface area contributed by atoms with Crippen molar-refractivity contribution in [2.75, 3.05) is 11.4 Å². The van der Waals surface area contributed by atoms with Crippen LogP contribution in [0, 0.1) is 12.8 Å². The van der Waals surface area contributed by atoms with Gasteiger partial charge in [0.1, 0.15) is 6.29 Å². The number of aldehydes is 1. The molecular weight excluding hydrogens is 222 g/mol. The van der Waals surface area contributed by atoms with E-state index in [-0.39, 0.29) is 0 Å². The number of nitrogens with zero attached hydrogens (tertiary/aromatic N) is 1. The fourth-order valence-electron chi connectivity index (χ4n) is 3.83. The smallest absolute Gasteiger partial charge is 0.150 e. The highest BCUT2D eigenvalue weighted by atomic mass is 16.1. The van der Waals surface area contributed by atoms with E-state index in [2.05, 4.69) is 17.9 Å². The van der Waals surface area contributed by atoms with Gasteiger partial charge >= 0.3 is 0 Å². The third-order valence-electron chi connectivity index (χ3n) is 4.66. The van der Waals surface area contributed by atoms with Gasteiger partial charge in [0.25, 0.3) is 0 Å². The maximum absolute atomic E-state index is 10.8. The van der Waals surface area contributed by atoms with Crippen LogP contribution in [0.5, 0.6) is 0 Å². The van der Waals surface area contributed by atoms with Crippen LogP contribution in [0.3, 0.4) is 0 Å². The molecule has 1 saturated carbocycles. The normalized spacial score (nSPS) is 27.1. The van der Waals surface area contributed by atoms with Gasteiger partial charge in [0.2, 0.25) is 0 Å². The van der Waals surface area contributed by atoms with Gasteiger partial charge < -0.3 is 4.90 Å². The average Bonchev–Trinajstić information content (AvgIpc) is 2.87. The Hall–Kier alpha value is -1.31. The molecule has 3 rings (SSSR count). The number of benzene rings is 1. The summed E-state index contributed by atoms with van der Waals surface area (Å²) < 4.78 is 0. The molecule has 2 atom stereocenters. The molecule has 1 aliphatic heterocycles. The summed E-state index contributed by atoms with van der Waals surface area (Å²) in [5.74, 6) is 0.906. The van der Waals surface area contributed by atoms with E-state index in [1.807, 2.05) is 12.1 Å².